The first-order chi connectivity index (χ1) is 16.1. The first kappa shape index (κ1) is 23.8. The van der Waals surface area contributed by atoms with Gasteiger partial charge in [-0.1, -0.05) is 13.3 Å². The van der Waals surface area contributed by atoms with Crippen LogP contribution in [-0.4, -0.2) is 38.7 Å². The molecule has 34 heavy (non-hydrogen) atoms. The number of aromatic nitrogens is 4. The number of anilines is 1. The summed E-state index contributed by atoms with van der Waals surface area (Å²) in [7, 11) is 0. The Balaban J connectivity index is 0.00000274. The SMILES string of the molecule is CCCc1cnc(N2CCC(Oc3ccn(-c4ccc5nc(C)oc5c4)c(=O)c3)CC2)nc1.Cl. The van der Waals surface area contributed by atoms with E-state index < -0.39 is 0 Å². The lowest BCUT2D eigenvalue weighted by Gasteiger charge is -2.32. The van der Waals surface area contributed by atoms with Gasteiger partial charge in [-0.3, -0.25) is 9.36 Å². The van der Waals surface area contributed by atoms with Crippen LogP contribution in [0.4, 0.5) is 5.95 Å². The first-order valence-corrected chi connectivity index (χ1v) is 11.4. The second kappa shape index (κ2) is 10.3. The minimum absolute atomic E-state index is 0. The zero-order valence-electron chi connectivity index (χ0n) is 19.3. The lowest BCUT2D eigenvalue weighted by Crippen LogP contribution is -2.39. The summed E-state index contributed by atoms with van der Waals surface area (Å²) in [4.78, 5) is 28.3. The average molecular weight is 482 g/mol. The molecule has 178 valence electrons. The molecule has 0 amide bonds. The van der Waals surface area contributed by atoms with Crippen molar-refractivity contribution in [1.82, 2.24) is 19.5 Å². The third-order valence-electron chi connectivity index (χ3n) is 5.91. The molecule has 3 aromatic heterocycles. The number of oxazole rings is 1. The van der Waals surface area contributed by atoms with Crippen LogP contribution in [0.15, 0.2) is 58.1 Å². The molecule has 1 fully saturated rings. The van der Waals surface area contributed by atoms with Crippen molar-refractivity contribution < 1.29 is 9.15 Å². The van der Waals surface area contributed by atoms with E-state index in [1.54, 1.807) is 17.7 Å². The molecule has 8 nitrogen and oxygen atoms in total. The standard InChI is InChI=1S/C25H27N5O3.ClH/c1-3-4-18-15-26-25(27-16-18)29-10-7-20(8-11-29)33-21-9-12-30(24(31)14-21)19-5-6-22-23(13-19)32-17(2)28-22;/h5-6,9,12-16,20H,3-4,7-8,10-11H2,1-2H3;1H. The lowest BCUT2D eigenvalue weighted by atomic mass is 10.1. The maximum Gasteiger partial charge on any atom is 0.258 e. The molecule has 1 aliphatic heterocycles. The van der Waals surface area contributed by atoms with Crippen molar-refractivity contribution in [2.75, 3.05) is 18.0 Å². The van der Waals surface area contributed by atoms with Crippen LogP contribution in [0.25, 0.3) is 16.8 Å². The molecule has 1 saturated heterocycles. The van der Waals surface area contributed by atoms with Crippen LogP contribution in [0.3, 0.4) is 0 Å². The highest BCUT2D eigenvalue weighted by molar-refractivity contribution is 5.85. The summed E-state index contributed by atoms with van der Waals surface area (Å²) >= 11 is 0. The summed E-state index contributed by atoms with van der Waals surface area (Å²) in [6.45, 7) is 5.61. The van der Waals surface area contributed by atoms with E-state index in [1.807, 2.05) is 36.7 Å². The molecule has 0 spiro atoms. The van der Waals surface area contributed by atoms with Gasteiger partial charge in [0.05, 0.1) is 5.69 Å². The predicted octanol–water partition coefficient (Wildman–Crippen LogP) is 4.50. The zero-order valence-corrected chi connectivity index (χ0v) is 20.1. The molecule has 0 unspecified atom stereocenters. The third-order valence-corrected chi connectivity index (χ3v) is 5.91. The van der Waals surface area contributed by atoms with Gasteiger partial charge in [-0.05, 0) is 30.2 Å². The molecule has 0 atom stereocenters. The molecular formula is C25H28ClN5O3. The van der Waals surface area contributed by atoms with Crippen LogP contribution in [0.5, 0.6) is 5.75 Å². The minimum atomic E-state index is -0.152. The second-order valence-electron chi connectivity index (χ2n) is 8.40. The molecule has 0 saturated carbocycles. The summed E-state index contributed by atoms with van der Waals surface area (Å²) in [6, 6.07) is 8.91. The zero-order chi connectivity index (χ0) is 22.8. The maximum atomic E-state index is 12.7. The van der Waals surface area contributed by atoms with Crippen molar-refractivity contribution >= 4 is 29.5 Å². The molecule has 4 aromatic rings. The Kier molecular flexibility index (Phi) is 7.17. The Morgan fingerprint density at radius 2 is 1.88 bits per heavy atom. The molecule has 0 N–H and O–H groups in total. The van der Waals surface area contributed by atoms with Gasteiger partial charge in [-0.2, -0.15) is 0 Å². The van der Waals surface area contributed by atoms with Crippen LogP contribution in [-0.2, 0) is 6.42 Å². The van der Waals surface area contributed by atoms with Crippen molar-refractivity contribution in [2.24, 2.45) is 0 Å². The maximum absolute atomic E-state index is 12.7. The van der Waals surface area contributed by atoms with Gasteiger partial charge >= 0.3 is 0 Å². The highest BCUT2D eigenvalue weighted by Crippen LogP contribution is 2.22. The Bertz CT molecular complexity index is 1310. The van der Waals surface area contributed by atoms with E-state index in [2.05, 4.69) is 26.8 Å². The minimum Gasteiger partial charge on any atom is -0.490 e. The Morgan fingerprint density at radius 3 is 2.59 bits per heavy atom. The number of halogens is 1. The van der Waals surface area contributed by atoms with E-state index in [0.29, 0.717) is 17.2 Å². The third kappa shape index (κ3) is 5.07. The molecule has 0 aliphatic carbocycles. The number of hydrogen-bond donors (Lipinski definition) is 0. The van der Waals surface area contributed by atoms with E-state index in [-0.39, 0.29) is 24.1 Å². The van der Waals surface area contributed by atoms with Crippen molar-refractivity contribution in [2.45, 2.75) is 45.6 Å². The van der Waals surface area contributed by atoms with E-state index in [9.17, 15) is 4.79 Å². The Hall–Kier alpha value is -3.39. The van der Waals surface area contributed by atoms with Crippen molar-refractivity contribution in [3.8, 4) is 11.4 Å². The molecule has 0 radical (unpaired) electrons. The van der Waals surface area contributed by atoms with Crippen LogP contribution >= 0.6 is 12.4 Å². The first-order valence-electron chi connectivity index (χ1n) is 11.4. The number of aryl methyl sites for hydroxylation is 2. The predicted molar refractivity (Wildman–Crippen MR) is 133 cm³/mol. The quantitative estimate of drug-likeness (QED) is 0.400. The van der Waals surface area contributed by atoms with Gasteiger partial charge < -0.3 is 14.1 Å². The van der Waals surface area contributed by atoms with Gasteiger partial charge in [0.1, 0.15) is 17.4 Å². The number of fused-ring (bicyclic) bond motifs is 1. The monoisotopic (exact) mass is 481 g/mol. The molecular weight excluding hydrogens is 454 g/mol. The van der Waals surface area contributed by atoms with Gasteiger partial charge in [0.2, 0.25) is 5.95 Å². The van der Waals surface area contributed by atoms with Crippen molar-refractivity contribution in [1.29, 1.82) is 0 Å². The van der Waals surface area contributed by atoms with Crippen molar-refractivity contribution in [3.05, 3.63) is 70.7 Å². The number of pyridine rings is 1. The van der Waals surface area contributed by atoms with Crippen LogP contribution in [0.1, 0.15) is 37.6 Å². The highest BCUT2D eigenvalue weighted by Gasteiger charge is 2.22. The smallest absolute Gasteiger partial charge is 0.258 e. The lowest BCUT2D eigenvalue weighted by molar-refractivity contribution is 0.170. The van der Waals surface area contributed by atoms with Crippen LogP contribution in [0, 0.1) is 6.92 Å². The fourth-order valence-corrected chi connectivity index (χ4v) is 4.22. The van der Waals surface area contributed by atoms with E-state index in [4.69, 9.17) is 9.15 Å². The van der Waals surface area contributed by atoms with Gasteiger partial charge in [0, 0.05) is 63.6 Å². The summed E-state index contributed by atoms with van der Waals surface area (Å²) < 4.78 is 13.3. The fourth-order valence-electron chi connectivity index (χ4n) is 4.22. The second-order valence-corrected chi connectivity index (χ2v) is 8.40. The summed E-state index contributed by atoms with van der Waals surface area (Å²) in [6.07, 6.45) is 9.44. The summed E-state index contributed by atoms with van der Waals surface area (Å²) in [5.74, 6) is 1.96. The molecule has 1 aromatic carbocycles. The van der Waals surface area contributed by atoms with Crippen LogP contribution < -0.4 is 15.2 Å². The number of piperidine rings is 1. The van der Waals surface area contributed by atoms with Crippen molar-refractivity contribution in [3.63, 3.8) is 0 Å². The Labute approximate surface area is 204 Å². The molecule has 5 rings (SSSR count). The van der Waals surface area contributed by atoms with Gasteiger partial charge in [-0.15, -0.1) is 12.4 Å². The van der Waals surface area contributed by atoms with E-state index in [1.165, 1.54) is 11.6 Å². The van der Waals surface area contributed by atoms with E-state index in [0.717, 1.165) is 55.9 Å². The van der Waals surface area contributed by atoms with E-state index >= 15 is 0 Å². The van der Waals surface area contributed by atoms with Gasteiger partial charge in [0.25, 0.3) is 5.56 Å². The number of nitrogens with zero attached hydrogens (tertiary/aromatic N) is 5. The molecule has 9 heteroatoms. The number of ether oxygens (including phenoxy) is 1. The Morgan fingerprint density at radius 1 is 1.12 bits per heavy atom. The number of rotatable bonds is 6. The number of hydrogen-bond acceptors (Lipinski definition) is 7. The average Bonchev–Trinajstić information content (AvgIpc) is 3.20. The van der Waals surface area contributed by atoms with Crippen LogP contribution in [0.2, 0.25) is 0 Å². The van der Waals surface area contributed by atoms with Gasteiger partial charge in [-0.25, -0.2) is 15.0 Å². The normalized spacial score (nSPS) is 14.2. The molecule has 0 bridgehead atoms. The molecule has 1 aliphatic rings. The topological polar surface area (TPSA) is 86.3 Å². The summed E-state index contributed by atoms with van der Waals surface area (Å²) in [5.41, 5.74) is 3.19. The van der Waals surface area contributed by atoms with Gasteiger partial charge in [0.15, 0.2) is 11.5 Å². The highest BCUT2D eigenvalue weighted by atomic mass is 35.5. The molecule has 4 heterocycles. The largest absolute Gasteiger partial charge is 0.490 e. The fraction of sp³-hybridized carbons (Fsp3) is 0.360. The number of benzene rings is 1. The summed E-state index contributed by atoms with van der Waals surface area (Å²) in [5, 5.41) is 0.